The minimum absolute atomic E-state index is 0.0823. The molecule has 5 nitrogen and oxygen atoms in total. The van der Waals surface area contributed by atoms with Crippen molar-refractivity contribution in [1.82, 2.24) is 15.5 Å². The van der Waals surface area contributed by atoms with Gasteiger partial charge in [0, 0.05) is 19.6 Å². The van der Waals surface area contributed by atoms with Crippen molar-refractivity contribution >= 4 is 5.91 Å². The van der Waals surface area contributed by atoms with Gasteiger partial charge in [0.05, 0.1) is 19.3 Å². The van der Waals surface area contributed by atoms with Crippen LogP contribution in [-0.4, -0.2) is 62.8 Å². The maximum atomic E-state index is 11.4. The number of hydrogen-bond acceptors (Lipinski definition) is 4. The van der Waals surface area contributed by atoms with Crippen molar-refractivity contribution in [2.45, 2.75) is 26.3 Å². The Labute approximate surface area is 104 Å². The molecule has 5 heteroatoms. The third kappa shape index (κ3) is 6.00. The molecule has 1 aliphatic heterocycles. The van der Waals surface area contributed by atoms with Crippen LogP contribution < -0.4 is 10.6 Å². The molecule has 0 spiro atoms. The molecule has 1 heterocycles. The minimum atomic E-state index is -0.0976. The molecule has 0 aromatic rings. The lowest BCUT2D eigenvalue weighted by atomic mass is 10.3. The van der Waals surface area contributed by atoms with Gasteiger partial charge in [-0.05, 0) is 33.4 Å². The van der Waals surface area contributed by atoms with Crippen molar-refractivity contribution in [3.63, 3.8) is 0 Å². The summed E-state index contributed by atoms with van der Waals surface area (Å²) in [5, 5.41) is 6.04. The first-order chi connectivity index (χ1) is 8.24. The maximum Gasteiger partial charge on any atom is 0.236 e. The van der Waals surface area contributed by atoms with Crippen LogP contribution in [0.4, 0.5) is 0 Å². The molecule has 0 radical (unpaired) electrons. The number of rotatable bonds is 7. The van der Waals surface area contributed by atoms with E-state index in [4.69, 9.17) is 4.74 Å². The number of carbonyl (C=O) groups is 1. The number of hydrogen-bond donors (Lipinski definition) is 2. The zero-order valence-corrected chi connectivity index (χ0v) is 11.0. The van der Waals surface area contributed by atoms with E-state index in [0.717, 1.165) is 45.8 Å². The molecule has 100 valence electrons. The van der Waals surface area contributed by atoms with Crippen molar-refractivity contribution in [2.75, 3.05) is 45.9 Å². The Morgan fingerprint density at radius 2 is 2.12 bits per heavy atom. The van der Waals surface area contributed by atoms with Gasteiger partial charge in [-0.3, -0.25) is 9.69 Å². The monoisotopic (exact) mass is 243 g/mol. The molecule has 0 aromatic heterocycles. The van der Waals surface area contributed by atoms with Gasteiger partial charge in [-0.15, -0.1) is 0 Å². The van der Waals surface area contributed by atoms with Gasteiger partial charge in [-0.2, -0.15) is 0 Å². The highest BCUT2D eigenvalue weighted by Gasteiger charge is 2.12. The maximum absolute atomic E-state index is 11.4. The molecule has 1 unspecified atom stereocenters. The van der Waals surface area contributed by atoms with Gasteiger partial charge in [0.2, 0.25) is 5.91 Å². The summed E-state index contributed by atoms with van der Waals surface area (Å²) in [6.07, 6.45) is 1.07. The number of nitrogens with one attached hydrogen (secondary N) is 2. The molecule has 0 aliphatic carbocycles. The van der Waals surface area contributed by atoms with Crippen LogP contribution in [0.5, 0.6) is 0 Å². The number of nitrogens with zero attached hydrogens (tertiary/aromatic N) is 1. The van der Waals surface area contributed by atoms with Crippen molar-refractivity contribution in [1.29, 1.82) is 0 Å². The molecule has 17 heavy (non-hydrogen) atoms. The van der Waals surface area contributed by atoms with Crippen LogP contribution in [0.2, 0.25) is 0 Å². The molecule has 1 atom stereocenters. The second kappa shape index (κ2) is 8.44. The fourth-order valence-corrected chi connectivity index (χ4v) is 1.87. The molecule has 1 rings (SSSR count). The average Bonchev–Trinajstić information content (AvgIpc) is 2.36. The van der Waals surface area contributed by atoms with E-state index in [1.807, 2.05) is 13.8 Å². The smallest absolute Gasteiger partial charge is 0.236 e. The third-order valence-electron chi connectivity index (χ3n) is 2.95. The first-order valence-corrected chi connectivity index (χ1v) is 6.55. The van der Waals surface area contributed by atoms with Gasteiger partial charge in [-0.25, -0.2) is 0 Å². The molecule has 2 N–H and O–H groups in total. The molecule has 1 amide bonds. The van der Waals surface area contributed by atoms with E-state index in [2.05, 4.69) is 15.5 Å². The minimum Gasteiger partial charge on any atom is -0.379 e. The van der Waals surface area contributed by atoms with E-state index in [1.54, 1.807) is 0 Å². The molecule has 1 aliphatic rings. The average molecular weight is 243 g/mol. The summed E-state index contributed by atoms with van der Waals surface area (Å²) in [5.74, 6) is 0.0823. The van der Waals surface area contributed by atoms with Crippen LogP contribution in [-0.2, 0) is 9.53 Å². The normalized spacial score (nSPS) is 18.9. The Bertz CT molecular complexity index is 218. The second-order valence-electron chi connectivity index (χ2n) is 4.38. The van der Waals surface area contributed by atoms with Crippen LogP contribution in [0.15, 0.2) is 0 Å². The molecule has 0 aromatic carbocycles. The van der Waals surface area contributed by atoms with E-state index < -0.39 is 0 Å². The number of amides is 1. The summed E-state index contributed by atoms with van der Waals surface area (Å²) in [5.41, 5.74) is 0. The Morgan fingerprint density at radius 1 is 1.41 bits per heavy atom. The largest absolute Gasteiger partial charge is 0.379 e. The zero-order chi connectivity index (χ0) is 12.5. The lowest BCUT2D eigenvalue weighted by Crippen LogP contribution is -2.43. The first-order valence-electron chi connectivity index (χ1n) is 6.55. The topological polar surface area (TPSA) is 53.6 Å². The molecule has 1 fully saturated rings. The Kier molecular flexibility index (Phi) is 7.16. The van der Waals surface area contributed by atoms with E-state index in [0.29, 0.717) is 6.54 Å². The number of carbonyl (C=O) groups excluding carboxylic acids is 1. The van der Waals surface area contributed by atoms with Gasteiger partial charge in [0.25, 0.3) is 0 Å². The summed E-state index contributed by atoms with van der Waals surface area (Å²) in [7, 11) is 0. The first kappa shape index (κ1) is 14.4. The van der Waals surface area contributed by atoms with Crippen LogP contribution in [0.1, 0.15) is 20.3 Å². The fraction of sp³-hybridized carbons (Fsp3) is 0.917. The summed E-state index contributed by atoms with van der Waals surface area (Å²) < 4.78 is 5.29. The van der Waals surface area contributed by atoms with Gasteiger partial charge < -0.3 is 15.4 Å². The molecular weight excluding hydrogens is 218 g/mol. The summed E-state index contributed by atoms with van der Waals surface area (Å²) in [6, 6.07) is -0.0976. The zero-order valence-electron chi connectivity index (χ0n) is 11.0. The number of morpholine rings is 1. The molecule has 1 saturated heterocycles. The van der Waals surface area contributed by atoms with Gasteiger partial charge in [0.15, 0.2) is 0 Å². The van der Waals surface area contributed by atoms with Gasteiger partial charge in [0.1, 0.15) is 0 Å². The van der Waals surface area contributed by atoms with E-state index >= 15 is 0 Å². The lowest BCUT2D eigenvalue weighted by Gasteiger charge is -2.26. The molecular formula is C12H25N3O2. The highest BCUT2D eigenvalue weighted by atomic mass is 16.5. The highest BCUT2D eigenvalue weighted by Crippen LogP contribution is 1.97. The summed E-state index contributed by atoms with van der Waals surface area (Å²) in [4.78, 5) is 13.8. The molecule has 0 saturated carbocycles. The van der Waals surface area contributed by atoms with E-state index in [-0.39, 0.29) is 11.9 Å². The van der Waals surface area contributed by atoms with Crippen molar-refractivity contribution in [2.24, 2.45) is 0 Å². The van der Waals surface area contributed by atoms with Crippen molar-refractivity contribution in [3.05, 3.63) is 0 Å². The quantitative estimate of drug-likeness (QED) is 0.609. The predicted octanol–water partition coefficient (Wildman–Crippen LogP) is -0.177. The number of ether oxygens (including phenoxy) is 1. The fourth-order valence-electron chi connectivity index (χ4n) is 1.87. The second-order valence-corrected chi connectivity index (χ2v) is 4.38. The van der Waals surface area contributed by atoms with Crippen LogP contribution in [0.25, 0.3) is 0 Å². The van der Waals surface area contributed by atoms with Crippen molar-refractivity contribution < 1.29 is 9.53 Å². The van der Waals surface area contributed by atoms with E-state index in [9.17, 15) is 4.79 Å². The van der Waals surface area contributed by atoms with Gasteiger partial charge in [-0.1, -0.05) is 0 Å². The van der Waals surface area contributed by atoms with Crippen molar-refractivity contribution in [3.8, 4) is 0 Å². The predicted molar refractivity (Wildman–Crippen MR) is 68.0 cm³/mol. The Hall–Kier alpha value is -0.650. The van der Waals surface area contributed by atoms with Gasteiger partial charge >= 0.3 is 0 Å². The Morgan fingerprint density at radius 3 is 2.76 bits per heavy atom. The number of likely N-dealkylation sites (N-methyl/N-ethyl adjacent to an activating group) is 1. The summed E-state index contributed by atoms with van der Waals surface area (Å²) in [6.45, 7) is 10.3. The van der Waals surface area contributed by atoms with E-state index in [1.165, 1.54) is 0 Å². The standard InChI is InChI=1S/C12H25N3O2/c1-3-13-12(16)11(2)14-5-4-6-15-7-9-17-10-8-15/h11,14H,3-10H2,1-2H3,(H,13,16). The highest BCUT2D eigenvalue weighted by molar-refractivity contribution is 5.81. The summed E-state index contributed by atoms with van der Waals surface area (Å²) >= 11 is 0. The van der Waals surface area contributed by atoms with Crippen LogP contribution in [0, 0.1) is 0 Å². The van der Waals surface area contributed by atoms with Crippen LogP contribution in [0.3, 0.4) is 0 Å². The van der Waals surface area contributed by atoms with Crippen LogP contribution >= 0.6 is 0 Å². The SMILES string of the molecule is CCNC(=O)C(C)NCCCN1CCOCC1. The third-order valence-corrected chi connectivity index (χ3v) is 2.95. The Balaban J connectivity index is 2.00. The lowest BCUT2D eigenvalue weighted by molar-refractivity contribution is -0.122. The molecule has 0 bridgehead atoms.